The van der Waals surface area contributed by atoms with Crippen LogP contribution >= 0.6 is 0 Å². The molecule has 10 heteroatoms. The van der Waals surface area contributed by atoms with Crippen LogP contribution in [0.3, 0.4) is 0 Å². The third-order valence-corrected chi connectivity index (χ3v) is 5.74. The van der Waals surface area contributed by atoms with Crippen LogP contribution in [0.1, 0.15) is 31.0 Å². The molecule has 2 aromatic carbocycles. The Bertz CT molecular complexity index is 961. The van der Waals surface area contributed by atoms with E-state index in [1.165, 1.54) is 0 Å². The average molecular weight is 450 g/mol. The lowest BCUT2D eigenvalue weighted by Gasteiger charge is -2.38. The number of alkyl halides is 3. The highest BCUT2D eigenvalue weighted by Gasteiger charge is 2.35. The zero-order valence-corrected chi connectivity index (χ0v) is 17.8. The number of nitro benzene ring substituents is 1. The van der Waals surface area contributed by atoms with Gasteiger partial charge in [0, 0.05) is 32.2 Å². The van der Waals surface area contributed by atoms with Gasteiger partial charge in [0.05, 0.1) is 22.6 Å². The number of piperazine rings is 1. The first kappa shape index (κ1) is 23.5. The van der Waals surface area contributed by atoms with Crippen molar-refractivity contribution in [2.24, 2.45) is 0 Å². The van der Waals surface area contributed by atoms with E-state index in [0.717, 1.165) is 17.7 Å². The van der Waals surface area contributed by atoms with Gasteiger partial charge in [0.2, 0.25) is 5.91 Å². The van der Waals surface area contributed by atoms with E-state index < -0.39 is 28.4 Å². The lowest BCUT2D eigenvalue weighted by Crippen LogP contribution is -2.54. The van der Waals surface area contributed by atoms with Crippen LogP contribution in [0.25, 0.3) is 0 Å². The molecule has 0 bridgehead atoms. The fourth-order valence-corrected chi connectivity index (χ4v) is 3.79. The number of carbonyl (C=O) groups is 1. The molecule has 1 saturated heterocycles. The van der Waals surface area contributed by atoms with Gasteiger partial charge < -0.3 is 10.2 Å². The number of benzene rings is 2. The minimum atomic E-state index is -4.65. The van der Waals surface area contributed by atoms with Gasteiger partial charge in [-0.1, -0.05) is 30.3 Å². The van der Waals surface area contributed by atoms with E-state index >= 15 is 0 Å². The summed E-state index contributed by atoms with van der Waals surface area (Å²) in [6.07, 6.45) is -4.65. The van der Waals surface area contributed by atoms with Crippen LogP contribution < -0.4 is 10.2 Å². The summed E-state index contributed by atoms with van der Waals surface area (Å²) in [6, 6.07) is 11.6. The Morgan fingerprint density at radius 2 is 1.69 bits per heavy atom. The van der Waals surface area contributed by atoms with Crippen molar-refractivity contribution in [3.05, 3.63) is 69.8 Å². The molecule has 1 aliphatic heterocycles. The van der Waals surface area contributed by atoms with Gasteiger partial charge in [-0.3, -0.25) is 19.8 Å². The monoisotopic (exact) mass is 450 g/mol. The maximum absolute atomic E-state index is 12.9. The molecule has 1 aliphatic rings. The zero-order chi connectivity index (χ0) is 23.5. The highest BCUT2D eigenvalue weighted by atomic mass is 19.4. The molecule has 0 aliphatic carbocycles. The SMILES string of the molecule is CC(NC(=O)C(C)N1CCN(c2ccc(C(F)(F)F)cc2[N+](=O)[O-])CC1)c1ccccc1. The lowest BCUT2D eigenvalue weighted by atomic mass is 10.1. The molecule has 1 fully saturated rings. The standard InChI is InChI=1S/C22H25F3N4O3/c1-15(17-6-4-3-5-7-17)26-21(30)16(2)27-10-12-28(13-11-27)19-9-8-18(22(23,24)25)14-20(19)29(31)32/h3-9,14-16H,10-13H2,1-2H3,(H,26,30). The van der Waals surface area contributed by atoms with Crippen molar-refractivity contribution in [1.29, 1.82) is 0 Å². The number of carbonyl (C=O) groups excluding carboxylic acids is 1. The summed E-state index contributed by atoms with van der Waals surface area (Å²) in [5.74, 6) is -0.129. The number of hydrogen-bond acceptors (Lipinski definition) is 5. The highest BCUT2D eigenvalue weighted by molar-refractivity contribution is 5.81. The van der Waals surface area contributed by atoms with Crippen LogP contribution in [0.5, 0.6) is 0 Å². The molecule has 1 amide bonds. The Morgan fingerprint density at radius 1 is 1.06 bits per heavy atom. The van der Waals surface area contributed by atoms with Crippen molar-refractivity contribution in [2.75, 3.05) is 31.1 Å². The Kier molecular flexibility index (Phi) is 7.02. The van der Waals surface area contributed by atoms with Crippen LogP contribution in [0.15, 0.2) is 48.5 Å². The number of rotatable bonds is 6. The molecule has 0 saturated carbocycles. The minimum Gasteiger partial charge on any atom is -0.363 e. The Labute approximate surface area is 184 Å². The molecule has 7 nitrogen and oxygen atoms in total. The van der Waals surface area contributed by atoms with E-state index in [9.17, 15) is 28.1 Å². The van der Waals surface area contributed by atoms with E-state index in [4.69, 9.17) is 0 Å². The quantitative estimate of drug-likeness (QED) is 0.532. The number of amides is 1. The summed E-state index contributed by atoms with van der Waals surface area (Å²) in [5.41, 5.74) is -0.481. The molecule has 172 valence electrons. The molecule has 0 aromatic heterocycles. The lowest BCUT2D eigenvalue weighted by molar-refractivity contribution is -0.384. The van der Waals surface area contributed by atoms with Crippen LogP contribution in [0, 0.1) is 10.1 Å². The predicted octanol–water partition coefficient (Wildman–Crippen LogP) is 4.00. The van der Waals surface area contributed by atoms with Gasteiger partial charge in [-0.25, -0.2) is 0 Å². The molecule has 3 rings (SSSR count). The minimum absolute atomic E-state index is 0.129. The third kappa shape index (κ3) is 5.37. The second kappa shape index (κ2) is 9.56. The smallest absolute Gasteiger partial charge is 0.363 e. The van der Waals surface area contributed by atoms with Gasteiger partial charge in [-0.2, -0.15) is 13.2 Å². The van der Waals surface area contributed by atoms with Crippen LogP contribution in [0.4, 0.5) is 24.5 Å². The van der Waals surface area contributed by atoms with Crippen molar-refractivity contribution in [2.45, 2.75) is 32.1 Å². The molecule has 0 radical (unpaired) electrons. The van der Waals surface area contributed by atoms with Gasteiger partial charge >= 0.3 is 6.18 Å². The first-order valence-electron chi connectivity index (χ1n) is 10.3. The van der Waals surface area contributed by atoms with Gasteiger partial charge in [-0.15, -0.1) is 0 Å². The number of anilines is 1. The summed E-state index contributed by atoms with van der Waals surface area (Å²) < 4.78 is 38.8. The topological polar surface area (TPSA) is 78.7 Å². The highest BCUT2D eigenvalue weighted by Crippen LogP contribution is 2.36. The van der Waals surface area contributed by atoms with Crippen LogP contribution in [0.2, 0.25) is 0 Å². The molecule has 0 spiro atoms. The number of halogens is 3. The van der Waals surface area contributed by atoms with E-state index in [1.54, 1.807) is 11.8 Å². The summed E-state index contributed by atoms with van der Waals surface area (Å²) in [7, 11) is 0. The fraction of sp³-hybridized carbons (Fsp3) is 0.409. The summed E-state index contributed by atoms with van der Waals surface area (Å²) in [6.45, 7) is 5.32. The van der Waals surface area contributed by atoms with Crippen molar-refractivity contribution in [3.63, 3.8) is 0 Å². The molecule has 2 atom stereocenters. The zero-order valence-electron chi connectivity index (χ0n) is 17.8. The summed E-state index contributed by atoms with van der Waals surface area (Å²) >= 11 is 0. The van der Waals surface area contributed by atoms with Crippen molar-refractivity contribution >= 4 is 17.3 Å². The van der Waals surface area contributed by atoms with Gasteiger partial charge in [-0.05, 0) is 31.5 Å². The predicted molar refractivity (Wildman–Crippen MR) is 114 cm³/mol. The van der Waals surface area contributed by atoms with Gasteiger partial charge in [0.1, 0.15) is 5.69 Å². The summed E-state index contributed by atoms with van der Waals surface area (Å²) in [4.78, 5) is 26.9. The maximum atomic E-state index is 12.9. The molecular weight excluding hydrogens is 425 g/mol. The first-order valence-corrected chi connectivity index (χ1v) is 10.3. The second-order valence-corrected chi connectivity index (χ2v) is 7.80. The van der Waals surface area contributed by atoms with Crippen molar-refractivity contribution in [1.82, 2.24) is 10.2 Å². The molecule has 2 aromatic rings. The average Bonchev–Trinajstić information content (AvgIpc) is 2.78. The first-order chi connectivity index (χ1) is 15.1. The maximum Gasteiger partial charge on any atom is 0.416 e. The van der Waals surface area contributed by atoms with Gasteiger partial charge in [0.25, 0.3) is 5.69 Å². The Morgan fingerprint density at radius 3 is 2.25 bits per heavy atom. The normalized spacial score (nSPS) is 17.0. The fourth-order valence-electron chi connectivity index (χ4n) is 3.79. The van der Waals surface area contributed by atoms with Gasteiger partial charge in [0.15, 0.2) is 0 Å². The number of nitrogens with zero attached hydrogens (tertiary/aromatic N) is 3. The second-order valence-electron chi connectivity index (χ2n) is 7.80. The summed E-state index contributed by atoms with van der Waals surface area (Å²) in [5, 5.41) is 14.4. The van der Waals surface area contributed by atoms with Crippen LogP contribution in [-0.4, -0.2) is 48.0 Å². The number of hydrogen-bond donors (Lipinski definition) is 1. The van der Waals surface area contributed by atoms with Crippen molar-refractivity contribution < 1.29 is 22.9 Å². The Hall–Kier alpha value is -3.14. The third-order valence-electron chi connectivity index (χ3n) is 5.74. The van der Waals surface area contributed by atoms with E-state index in [-0.39, 0.29) is 17.6 Å². The van der Waals surface area contributed by atoms with E-state index in [1.807, 2.05) is 42.2 Å². The number of nitrogens with one attached hydrogen (secondary N) is 1. The molecule has 1 N–H and O–H groups in total. The van der Waals surface area contributed by atoms with E-state index in [0.29, 0.717) is 32.2 Å². The van der Waals surface area contributed by atoms with E-state index in [2.05, 4.69) is 5.32 Å². The molecule has 32 heavy (non-hydrogen) atoms. The Balaban J connectivity index is 1.63. The molecular formula is C22H25F3N4O3. The molecule has 1 heterocycles. The molecule has 2 unspecified atom stereocenters. The van der Waals surface area contributed by atoms with Crippen molar-refractivity contribution in [3.8, 4) is 0 Å². The largest absolute Gasteiger partial charge is 0.416 e. The van der Waals surface area contributed by atoms with Crippen LogP contribution in [-0.2, 0) is 11.0 Å². The number of nitro groups is 1.